The summed E-state index contributed by atoms with van der Waals surface area (Å²) in [5, 5.41) is 9.41. The molecule has 1 heterocycles. The summed E-state index contributed by atoms with van der Waals surface area (Å²) in [5.74, 6) is 0.671. The smallest absolute Gasteiger partial charge is 0.263 e. The average Bonchev–Trinajstić information content (AvgIpc) is 2.98. The summed E-state index contributed by atoms with van der Waals surface area (Å²) in [7, 11) is 1.75. The summed E-state index contributed by atoms with van der Waals surface area (Å²) in [4.78, 5) is 23.4. The maximum Gasteiger partial charge on any atom is 0.263 e. The van der Waals surface area contributed by atoms with Gasteiger partial charge in [0.15, 0.2) is 5.96 Å². The van der Waals surface area contributed by atoms with Gasteiger partial charge in [-0.05, 0) is 34.6 Å². The van der Waals surface area contributed by atoms with Crippen LogP contribution in [-0.4, -0.2) is 67.1 Å². The number of rotatable bonds is 9. The van der Waals surface area contributed by atoms with Gasteiger partial charge >= 0.3 is 0 Å². The molecule has 7 nitrogen and oxygen atoms in total. The summed E-state index contributed by atoms with van der Waals surface area (Å²) in [6, 6.07) is 1.03. The van der Waals surface area contributed by atoms with E-state index in [1.54, 1.807) is 12.6 Å². The number of aryl methyl sites for hydroxylation is 1. The van der Waals surface area contributed by atoms with Crippen LogP contribution in [0.4, 0.5) is 0 Å². The Morgan fingerprint density at radius 3 is 2.28 bits per heavy atom. The Labute approximate surface area is 155 Å². The molecule has 3 N–H and O–H groups in total. The van der Waals surface area contributed by atoms with Crippen LogP contribution in [0.15, 0.2) is 10.5 Å². The number of guanidine groups is 1. The van der Waals surface area contributed by atoms with Gasteiger partial charge in [-0.2, -0.15) is 0 Å². The van der Waals surface area contributed by atoms with Gasteiger partial charge in [-0.25, -0.2) is 4.98 Å². The lowest BCUT2D eigenvalue weighted by Gasteiger charge is -2.30. The molecule has 25 heavy (non-hydrogen) atoms. The van der Waals surface area contributed by atoms with E-state index in [2.05, 4.69) is 58.5 Å². The zero-order valence-corrected chi connectivity index (χ0v) is 17.0. The van der Waals surface area contributed by atoms with Gasteiger partial charge < -0.3 is 16.0 Å². The first-order chi connectivity index (χ1) is 11.9. The van der Waals surface area contributed by atoms with E-state index in [9.17, 15) is 4.79 Å². The minimum absolute atomic E-state index is 0.0748. The van der Waals surface area contributed by atoms with Crippen molar-refractivity contribution in [3.8, 4) is 0 Å². The number of aromatic nitrogens is 1. The van der Waals surface area contributed by atoms with Crippen LogP contribution >= 0.6 is 11.3 Å². The number of thiazole rings is 1. The minimum atomic E-state index is -0.0748. The van der Waals surface area contributed by atoms with Gasteiger partial charge in [-0.15, -0.1) is 11.3 Å². The molecule has 0 aromatic carbocycles. The molecule has 0 unspecified atom stereocenters. The van der Waals surface area contributed by atoms with Crippen molar-refractivity contribution < 1.29 is 4.79 Å². The topological polar surface area (TPSA) is 81.6 Å². The van der Waals surface area contributed by atoms with Crippen LogP contribution < -0.4 is 16.0 Å². The highest BCUT2D eigenvalue weighted by Gasteiger charge is 2.13. The van der Waals surface area contributed by atoms with Crippen LogP contribution in [0.2, 0.25) is 0 Å². The van der Waals surface area contributed by atoms with E-state index < -0.39 is 0 Å². The Bertz CT molecular complexity index is 547. The van der Waals surface area contributed by atoms with Crippen LogP contribution in [0.25, 0.3) is 0 Å². The van der Waals surface area contributed by atoms with Gasteiger partial charge in [0, 0.05) is 45.3 Å². The molecule has 0 fully saturated rings. The first-order valence-corrected chi connectivity index (χ1v) is 9.63. The highest BCUT2D eigenvalue weighted by Crippen LogP contribution is 2.11. The summed E-state index contributed by atoms with van der Waals surface area (Å²) >= 11 is 1.36. The number of hydrogen-bond donors (Lipinski definition) is 3. The third kappa shape index (κ3) is 7.39. The van der Waals surface area contributed by atoms with Crippen LogP contribution in [-0.2, 0) is 0 Å². The lowest BCUT2D eigenvalue weighted by Crippen LogP contribution is -2.46. The first-order valence-electron chi connectivity index (χ1n) is 8.75. The van der Waals surface area contributed by atoms with Crippen LogP contribution in [0.1, 0.15) is 43.1 Å². The molecule has 0 atom stereocenters. The van der Waals surface area contributed by atoms with Crippen LogP contribution in [0, 0.1) is 6.92 Å². The lowest BCUT2D eigenvalue weighted by molar-refractivity contribution is 0.0957. The highest BCUT2D eigenvalue weighted by molar-refractivity contribution is 7.11. The van der Waals surface area contributed by atoms with Gasteiger partial charge in [0.2, 0.25) is 0 Å². The fraction of sp³-hybridized carbons (Fsp3) is 0.706. The van der Waals surface area contributed by atoms with Crippen LogP contribution in [0.5, 0.6) is 0 Å². The molecule has 1 amide bonds. The molecule has 0 aliphatic carbocycles. The van der Waals surface area contributed by atoms with Crippen molar-refractivity contribution in [2.24, 2.45) is 4.99 Å². The van der Waals surface area contributed by atoms with E-state index in [0.29, 0.717) is 30.1 Å². The van der Waals surface area contributed by atoms with Gasteiger partial charge in [-0.1, -0.05) is 0 Å². The zero-order valence-electron chi connectivity index (χ0n) is 16.2. The van der Waals surface area contributed by atoms with Gasteiger partial charge in [0.05, 0.1) is 11.2 Å². The second-order valence-corrected chi connectivity index (χ2v) is 7.23. The predicted octanol–water partition coefficient (Wildman–Crippen LogP) is 1.47. The molecule has 0 saturated heterocycles. The molecule has 1 aromatic heterocycles. The highest BCUT2D eigenvalue weighted by atomic mass is 32.1. The number of carbonyl (C=O) groups is 1. The number of carbonyl (C=O) groups excluding carboxylic acids is 1. The van der Waals surface area contributed by atoms with E-state index in [4.69, 9.17) is 0 Å². The summed E-state index contributed by atoms with van der Waals surface area (Å²) in [6.07, 6.45) is 0. The molecular weight excluding hydrogens is 336 g/mol. The number of amides is 1. The van der Waals surface area contributed by atoms with E-state index in [1.165, 1.54) is 11.3 Å². The molecule has 0 saturated carbocycles. The van der Waals surface area contributed by atoms with Crippen molar-refractivity contribution >= 4 is 23.2 Å². The molecule has 0 spiro atoms. The third-order valence-corrected chi connectivity index (χ3v) is 4.79. The van der Waals surface area contributed by atoms with Gasteiger partial charge in [0.25, 0.3) is 5.91 Å². The normalized spacial score (nSPS) is 12.1. The van der Waals surface area contributed by atoms with Gasteiger partial charge in [0.1, 0.15) is 4.88 Å². The maximum absolute atomic E-state index is 12.0. The zero-order chi connectivity index (χ0) is 18.8. The van der Waals surface area contributed by atoms with Gasteiger partial charge in [-0.3, -0.25) is 14.7 Å². The standard InChI is InChI=1S/C17H32N6OS/c1-12(2)23(13(3)4)10-9-21-17(18-6)20-8-7-19-16(24)15-14(5)22-11-25-15/h11-13H,7-10H2,1-6H3,(H,19,24)(H2,18,20,21). The fourth-order valence-corrected chi connectivity index (χ4v) is 3.31. The molecular formula is C17H32N6OS. The number of nitrogens with zero attached hydrogens (tertiary/aromatic N) is 3. The first kappa shape index (κ1) is 21.4. The monoisotopic (exact) mass is 368 g/mol. The van der Waals surface area contributed by atoms with Crippen molar-refractivity contribution in [2.45, 2.75) is 46.7 Å². The largest absolute Gasteiger partial charge is 0.355 e. The third-order valence-electron chi connectivity index (χ3n) is 3.87. The van der Waals surface area contributed by atoms with E-state index in [-0.39, 0.29) is 5.91 Å². The molecule has 0 bridgehead atoms. The van der Waals surface area contributed by atoms with Crippen LogP contribution in [0.3, 0.4) is 0 Å². The van der Waals surface area contributed by atoms with E-state index >= 15 is 0 Å². The molecule has 1 aromatic rings. The van der Waals surface area contributed by atoms with Crippen molar-refractivity contribution in [3.63, 3.8) is 0 Å². The Morgan fingerprint density at radius 1 is 1.16 bits per heavy atom. The fourth-order valence-electron chi connectivity index (χ4n) is 2.59. The maximum atomic E-state index is 12.0. The molecule has 1 rings (SSSR count). The number of nitrogens with one attached hydrogen (secondary N) is 3. The summed E-state index contributed by atoms with van der Waals surface area (Å²) in [6.45, 7) is 13.6. The molecule has 142 valence electrons. The Balaban J connectivity index is 2.26. The molecule has 0 aliphatic rings. The summed E-state index contributed by atoms with van der Waals surface area (Å²) < 4.78 is 0. The van der Waals surface area contributed by atoms with Crippen molar-refractivity contribution in [3.05, 3.63) is 16.1 Å². The molecule has 8 heteroatoms. The number of hydrogen-bond acceptors (Lipinski definition) is 5. The second-order valence-electron chi connectivity index (χ2n) is 6.37. The second kappa shape index (κ2) is 11.0. The Kier molecular flexibility index (Phi) is 9.44. The van der Waals surface area contributed by atoms with Crippen molar-refractivity contribution in [1.82, 2.24) is 25.8 Å². The van der Waals surface area contributed by atoms with Crippen molar-refractivity contribution in [1.29, 1.82) is 0 Å². The Morgan fingerprint density at radius 2 is 1.76 bits per heavy atom. The predicted molar refractivity (Wildman–Crippen MR) is 106 cm³/mol. The van der Waals surface area contributed by atoms with E-state index in [0.717, 1.165) is 24.7 Å². The average molecular weight is 369 g/mol. The Hall–Kier alpha value is -1.67. The lowest BCUT2D eigenvalue weighted by atomic mass is 10.2. The van der Waals surface area contributed by atoms with E-state index in [1.807, 2.05) is 6.92 Å². The van der Waals surface area contributed by atoms with Crippen molar-refractivity contribution in [2.75, 3.05) is 33.2 Å². The minimum Gasteiger partial charge on any atom is -0.355 e. The molecule has 0 aliphatic heterocycles. The number of aliphatic imine (C=N–C) groups is 1. The SMILES string of the molecule is CN=C(NCCNC(=O)c1scnc1C)NCCN(C(C)C)C(C)C. The summed E-state index contributed by atoms with van der Waals surface area (Å²) in [5.41, 5.74) is 2.46. The quantitative estimate of drug-likeness (QED) is 0.349. The molecule has 0 radical (unpaired) electrons.